The van der Waals surface area contributed by atoms with Gasteiger partial charge in [0.05, 0.1) is 0 Å². The van der Waals surface area contributed by atoms with Crippen LogP contribution in [0.25, 0.3) is 0 Å². The summed E-state index contributed by atoms with van der Waals surface area (Å²) in [4.78, 5) is 19.0. The third-order valence-corrected chi connectivity index (χ3v) is 3.65. The smallest absolute Gasteiger partial charge is 0.253 e. The van der Waals surface area contributed by atoms with E-state index in [1.807, 2.05) is 36.1 Å². The molecule has 0 bridgehead atoms. The van der Waals surface area contributed by atoms with Crippen LogP contribution in [0.4, 0.5) is 0 Å². The topological polar surface area (TPSA) is 26.8 Å². The van der Waals surface area contributed by atoms with Gasteiger partial charge in [0.25, 0.3) is 5.91 Å². The summed E-state index contributed by atoms with van der Waals surface area (Å²) in [6.45, 7) is 5.69. The van der Waals surface area contributed by atoms with Crippen molar-refractivity contribution in [3.8, 4) is 0 Å². The molecule has 0 unspecified atom stereocenters. The Kier molecular flexibility index (Phi) is 8.13. The van der Waals surface area contributed by atoms with Crippen molar-refractivity contribution in [2.45, 2.75) is 19.8 Å². The molecule has 0 heterocycles. The van der Waals surface area contributed by atoms with Crippen molar-refractivity contribution in [3.05, 3.63) is 35.4 Å². The molecule has 1 aromatic rings. The molecule has 0 saturated carbocycles. The molecule has 1 aromatic carbocycles. The number of carbonyl (C=O) groups excluding carboxylic acids is 1. The van der Waals surface area contributed by atoms with Gasteiger partial charge in [-0.1, -0.05) is 17.7 Å². The molecule has 124 valence electrons. The molecular weight excluding hydrogens is 274 g/mol. The van der Waals surface area contributed by atoms with Crippen LogP contribution in [0, 0.1) is 6.92 Å². The summed E-state index contributed by atoms with van der Waals surface area (Å²) in [7, 11) is 8.27. The van der Waals surface area contributed by atoms with Gasteiger partial charge >= 0.3 is 0 Å². The van der Waals surface area contributed by atoms with E-state index in [0.29, 0.717) is 0 Å². The largest absolute Gasteiger partial charge is 0.339 e. The number of hydrogen-bond acceptors (Lipinski definition) is 3. The van der Waals surface area contributed by atoms with E-state index in [9.17, 15) is 4.79 Å². The van der Waals surface area contributed by atoms with Gasteiger partial charge in [0, 0.05) is 18.7 Å². The van der Waals surface area contributed by atoms with Crippen molar-refractivity contribution in [2.75, 3.05) is 54.4 Å². The Morgan fingerprint density at radius 1 is 0.818 bits per heavy atom. The highest BCUT2D eigenvalue weighted by atomic mass is 16.2. The summed E-state index contributed by atoms with van der Waals surface area (Å²) in [5.74, 6) is 0.150. The number of carbonyl (C=O) groups is 1. The Morgan fingerprint density at radius 2 is 1.27 bits per heavy atom. The molecule has 22 heavy (non-hydrogen) atoms. The highest BCUT2D eigenvalue weighted by molar-refractivity contribution is 5.94. The third kappa shape index (κ3) is 7.05. The van der Waals surface area contributed by atoms with Crippen molar-refractivity contribution in [1.82, 2.24) is 14.7 Å². The fraction of sp³-hybridized carbons (Fsp3) is 0.611. The van der Waals surface area contributed by atoms with Gasteiger partial charge in [0.2, 0.25) is 0 Å². The van der Waals surface area contributed by atoms with E-state index in [1.165, 1.54) is 5.56 Å². The lowest BCUT2D eigenvalue weighted by Crippen LogP contribution is -2.35. The van der Waals surface area contributed by atoms with Crippen molar-refractivity contribution in [1.29, 1.82) is 0 Å². The van der Waals surface area contributed by atoms with E-state index >= 15 is 0 Å². The van der Waals surface area contributed by atoms with Crippen LogP contribution in [-0.2, 0) is 0 Å². The Hall–Kier alpha value is -1.39. The second-order valence-electron chi connectivity index (χ2n) is 6.47. The lowest BCUT2D eigenvalue weighted by molar-refractivity contribution is 0.0744. The summed E-state index contributed by atoms with van der Waals surface area (Å²) >= 11 is 0. The Labute approximate surface area is 135 Å². The van der Waals surface area contributed by atoms with Crippen LogP contribution in [-0.4, -0.2) is 75.0 Å². The Bertz CT molecular complexity index is 426. The van der Waals surface area contributed by atoms with Crippen LogP contribution in [0.1, 0.15) is 28.8 Å². The molecule has 0 aliphatic rings. The first-order chi connectivity index (χ1) is 10.4. The van der Waals surface area contributed by atoms with Crippen molar-refractivity contribution in [3.63, 3.8) is 0 Å². The molecule has 0 saturated heterocycles. The molecular formula is C18H31N3O. The molecule has 0 aliphatic heterocycles. The Balaban J connectivity index is 2.65. The third-order valence-electron chi connectivity index (χ3n) is 3.65. The maximum atomic E-state index is 12.7. The van der Waals surface area contributed by atoms with Crippen molar-refractivity contribution < 1.29 is 4.79 Å². The molecule has 0 spiro atoms. The highest BCUT2D eigenvalue weighted by Gasteiger charge is 2.15. The first kappa shape index (κ1) is 18.7. The molecule has 4 heteroatoms. The van der Waals surface area contributed by atoms with Gasteiger partial charge in [-0.05, 0) is 73.2 Å². The van der Waals surface area contributed by atoms with Crippen molar-refractivity contribution >= 4 is 5.91 Å². The standard InChI is InChI=1S/C18H31N3O/c1-16-8-10-17(11-9-16)18(22)21(14-6-12-19(2)3)15-7-13-20(4)5/h8-11H,6-7,12-15H2,1-5H3. The maximum Gasteiger partial charge on any atom is 0.253 e. The SMILES string of the molecule is Cc1ccc(C(=O)N(CCCN(C)C)CCCN(C)C)cc1. The van der Waals surface area contributed by atoms with E-state index in [2.05, 4.69) is 38.0 Å². The molecule has 0 radical (unpaired) electrons. The second-order valence-corrected chi connectivity index (χ2v) is 6.47. The number of rotatable bonds is 9. The van der Waals surface area contributed by atoms with Gasteiger partial charge in [-0.3, -0.25) is 4.79 Å². The van der Waals surface area contributed by atoms with Crippen LogP contribution in [0.5, 0.6) is 0 Å². The average Bonchev–Trinajstić information content (AvgIpc) is 2.45. The Morgan fingerprint density at radius 3 is 1.68 bits per heavy atom. The minimum Gasteiger partial charge on any atom is -0.339 e. The second kappa shape index (κ2) is 9.59. The first-order valence-corrected chi connectivity index (χ1v) is 8.05. The highest BCUT2D eigenvalue weighted by Crippen LogP contribution is 2.09. The average molecular weight is 305 g/mol. The van der Waals surface area contributed by atoms with Gasteiger partial charge in [0.15, 0.2) is 0 Å². The molecule has 0 atom stereocenters. The molecule has 0 aliphatic carbocycles. The van der Waals surface area contributed by atoms with Crippen LogP contribution >= 0.6 is 0 Å². The number of hydrogen-bond donors (Lipinski definition) is 0. The van der Waals surface area contributed by atoms with Crippen molar-refractivity contribution in [2.24, 2.45) is 0 Å². The molecule has 1 rings (SSSR count). The predicted molar refractivity (Wildman–Crippen MR) is 93.4 cm³/mol. The molecule has 1 amide bonds. The molecule has 4 nitrogen and oxygen atoms in total. The summed E-state index contributed by atoms with van der Waals surface area (Å²) in [5.41, 5.74) is 1.98. The molecule has 0 N–H and O–H groups in total. The molecule has 0 fully saturated rings. The van der Waals surface area contributed by atoms with Gasteiger partial charge < -0.3 is 14.7 Å². The monoisotopic (exact) mass is 305 g/mol. The lowest BCUT2D eigenvalue weighted by Gasteiger charge is -2.24. The van der Waals surface area contributed by atoms with Crippen LogP contribution in [0.15, 0.2) is 24.3 Å². The minimum absolute atomic E-state index is 0.150. The fourth-order valence-corrected chi connectivity index (χ4v) is 2.35. The van der Waals surface area contributed by atoms with Crippen LogP contribution in [0.3, 0.4) is 0 Å². The zero-order valence-corrected chi connectivity index (χ0v) is 14.8. The number of benzene rings is 1. The first-order valence-electron chi connectivity index (χ1n) is 8.05. The number of amides is 1. The number of nitrogens with zero attached hydrogens (tertiary/aromatic N) is 3. The van der Waals surface area contributed by atoms with Gasteiger partial charge in [-0.2, -0.15) is 0 Å². The zero-order valence-electron chi connectivity index (χ0n) is 14.8. The molecule has 0 aromatic heterocycles. The summed E-state index contributed by atoms with van der Waals surface area (Å²) < 4.78 is 0. The van der Waals surface area contributed by atoms with Gasteiger partial charge in [0.1, 0.15) is 0 Å². The van der Waals surface area contributed by atoms with Gasteiger partial charge in [-0.15, -0.1) is 0 Å². The minimum atomic E-state index is 0.150. The summed E-state index contributed by atoms with van der Waals surface area (Å²) in [6, 6.07) is 7.88. The summed E-state index contributed by atoms with van der Waals surface area (Å²) in [6.07, 6.45) is 2.01. The zero-order chi connectivity index (χ0) is 16.5. The summed E-state index contributed by atoms with van der Waals surface area (Å²) in [5, 5.41) is 0. The normalized spacial score (nSPS) is 11.2. The van der Waals surface area contributed by atoms with E-state index in [1.54, 1.807) is 0 Å². The van der Waals surface area contributed by atoms with Gasteiger partial charge in [-0.25, -0.2) is 0 Å². The van der Waals surface area contributed by atoms with Crippen LogP contribution in [0.2, 0.25) is 0 Å². The lowest BCUT2D eigenvalue weighted by atomic mass is 10.1. The predicted octanol–water partition coefficient (Wildman–Crippen LogP) is 2.34. The quantitative estimate of drug-likeness (QED) is 0.701. The van der Waals surface area contributed by atoms with E-state index in [0.717, 1.165) is 44.6 Å². The van der Waals surface area contributed by atoms with E-state index in [4.69, 9.17) is 0 Å². The fourth-order valence-electron chi connectivity index (χ4n) is 2.35. The van der Waals surface area contributed by atoms with E-state index in [-0.39, 0.29) is 5.91 Å². The maximum absolute atomic E-state index is 12.7. The van der Waals surface area contributed by atoms with Crippen LogP contribution < -0.4 is 0 Å². The number of aryl methyl sites for hydroxylation is 1. The van der Waals surface area contributed by atoms with E-state index < -0.39 is 0 Å².